The number of nitriles is 1. The predicted molar refractivity (Wildman–Crippen MR) is 58.6 cm³/mol. The topological polar surface area (TPSA) is 44.1 Å². The van der Waals surface area contributed by atoms with Gasteiger partial charge in [-0.3, -0.25) is 4.79 Å². The first-order valence-corrected chi connectivity index (χ1v) is 5.11. The third kappa shape index (κ3) is 4.45. The van der Waals surface area contributed by atoms with Crippen molar-refractivity contribution in [2.75, 3.05) is 13.6 Å². The molecule has 96 valence electrons. The van der Waals surface area contributed by atoms with Gasteiger partial charge in [0.2, 0.25) is 5.91 Å². The van der Waals surface area contributed by atoms with Gasteiger partial charge in [0.25, 0.3) is 0 Å². The highest BCUT2D eigenvalue weighted by molar-refractivity contribution is 5.78. The number of likely N-dealkylation sites (N-methyl/N-ethyl adjacent to an activating group) is 1. The van der Waals surface area contributed by atoms with Gasteiger partial charge >= 0.3 is 6.18 Å². The molecule has 0 aliphatic heterocycles. The third-order valence-electron chi connectivity index (χ3n) is 2.28. The lowest BCUT2D eigenvalue weighted by Crippen LogP contribution is -2.36. The lowest BCUT2D eigenvalue weighted by molar-refractivity contribution is -0.157. The molecular formula is C12H11F3N2O. The van der Waals surface area contributed by atoms with E-state index >= 15 is 0 Å². The Morgan fingerprint density at radius 1 is 1.33 bits per heavy atom. The van der Waals surface area contributed by atoms with E-state index in [4.69, 9.17) is 5.26 Å². The second-order valence-corrected chi connectivity index (χ2v) is 3.85. The van der Waals surface area contributed by atoms with Gasteiger partial charge < -0.3 is 4.90 Å². The highest BCUT2D eigenvalue weighted by atomic mass is 19.4. The zero-order valence-electron chi connectivity index (χ0n) is 9.66. The molecule has 18 heavy (non-hydrogen) atoms. The summed E-state index contributed by atoms with van der Waals surface area (Å²) in [5.41, 5.74) is 1.02. The Kier molecular flexibility index (Phi) is 4.32. The summed E-state index contributed by atoms with van der Waals surface area (Å²) >= 11 is 0. The summed E-state index contributed by atoms with van der Waals surface area (Å²) in [5.74, 6) is -0.614. The van der Waals surface area contributed by atoms with Gasteiger partial charge in [0.15, 0.2) is 0 Å². The Morgan fingerprint density at radius 3 is 2.33 bits per heavy atom. The van der Waals surface area contributed by atoms with Crippen LogP contribution in [0.2, 0.25) is 0 Å². The number of benzene rings is 1. The largest absolute Gasteiger partial charge is 0.406 e. The maximum Gasteiger partial charge on any atom is 0.406 e. The third-order valence-corrected chi connectivity index (χ3v) is 2.28. The molecule has 0 N–H and O–H groups in total. The maximum atomic E-state index is 12.1. The molecule has 1 rings (SSSR count). The van der Waals surface area contributed by atoms with E-state index in [-0.39, 0.29) is 6.42 Å². The van der Waals surface area contributed by atoms with Crippen molar-refractivity contribution in [2.24, 2.45) is 0 Å². The number of nitrogens with zero attached hydrogens (tertiary/aromatic N) is 2. The highest BCUT2D eigenvalue weighted by Gasteiger charge is 2.31. The molecular weight excluding hydrogens is 245 g/mol. The molecule has 0 saturated carbocycles. The van der Waals surface area contributed by atoms with E-state index in [2.05, 4.69) is 0 Å². The van der Waals surface area contributed by atoms with Crippen molar-refractivity contribution in [3.05, 3.63) is 35.4 Å². The Morgan fingerprint density at radius 2 is 1.89 bits per heavy atom. The summed E-state index contributed by atoms with van der Waals surface area (Å²) in [7, 11) is 1.11. The fraction of sp³-hybridized carbons (Fsp3) is 0.333. The number of rotatable bonds is 3. The van der Waals surface area contributed by atoms with E-state index in [0.717, 1.165) is 7.05 Å². The van der Waals surface area contributed by atoms with Crippen LogP contribution in [0.25, 0.3) is 0 Å². The second kappa shape index (κ2) is 5.54. The molecule has 0 unspecified atom stereocenters. The van der Waals surface area contributed by atoms with Crippen molar-refractivity contribution < 1.29 is 18.0 Å². The van der Waals surface area contributed by atoms with E-state index in [0.29, 0.717) is 16.0 Å². The Labute approximate surface area is 102 Å². The van der Waals surface area contributed by atoms with E-state index in [1.165, 1.54) is 12.1 Å². The summed E-state index contributed by atoms with van der Waals surface area (Å²) in [6.45, 7) is -1.26. The van der Waals surface area contributed by atoms with Crippen LogP contribution in [0.5, 0.6) is 0 Å². The molecule has 0 aliphatic rings. The summed E-state index contributed by atoms with van der Waals surface area (Å²) < 4.78 is 36.2. The Bertz CT molecular complexity index is 460. The van der Waals surface area contributed by atoms with Crippen LogP contribution in [0, 0.1) is 11.3 Å². The number of carbonyl (C=O) groups is 1. The molecule has 0 fully saturated rings. The van der Waals surface area contributed by atoms with E-state index in [1.54, 1.807) is 12.1 Å². The summed E-state index contributed by atoms with van der Waals surface area (Å²) in [5, 5.41) is 8.58. The van der Waals surface area contributed by atoms with Crippen molar-refractivity contribution in [2.45, 2.75) is 12.6 Å². The van der Waals surface area contributed by atoms with Crippen LogP contribution in [0.4, 0.5) is 13.2 Å². The molecule has 3 nitrogen and oxygen atoms in total. The molecule has 0 atom stereocenters. The minimum absolute atomic E-state index is 0.113. The summed E-state index contributed by atoms with van der Waals surface area (Å²) in [6.07, 6.45) is -4.51. The molecule has 0 radical (unpaired) electrons. The van der Waals surface area contributed by atoms with Gasteiger partial charge in [-0.2, -0.15) is 18.4 Å². The predicted octanol–water partition coefficient (Wildman–Crippen LogP) is 2.12. The van der Waals surface area contributed by atoms with Crippen LogP contribution in [-0.4, -0.2) is 30.6 Å². The standard InChI is InChI=1S/C12H11F3N2O/c1-17(8-12(13,14)15)11(18)6-9-2-4-10(7-16)5-3-9/h2-5H,6,8H2,1H3. The number of hydrogen-bond donors (Lipinski definition) is 0. The number of hydrogen-bond acceptors (Lipinski definition) is 2. The summed E-state index contributed by atoms with van der Waals surface area (Å²) in [6, 6.07) is 8.06. The molecule has 0 spiro atoms. The first-order valence-electron chi connectivity index (χ1n) is 5.11. The van der Waals surface area contributed by atoms with Gasteiger partial charge in [-0.05, 0) is 17.7 Å². The first-order chi connectivity index (χ1) is 8.31. The van der Waals surface area contributed by atoms with E-state index in [1.807, 2.05) is 6.07 Å². The quantitative estimate of drug-likeness (QED) is 0.831. The number of halogens is 3. The fourth-order valence-electron chi connectivity index (χ4n) is 1.36. The zero-order chi connectivity index (χ0) is 13.8. The monoisotopic (exact) mass is 256 g/mol. The van der Waals surface area contributed by atoms with Gasteiger partial charge in [-0.15, -0.1) is 0 Å². The minimum Gasteiger partial charge on any atom is -0.336 e. The van der Waals surface area contributed by atoms with Crippen molar-refractivity contribution in [1.29, 1.82) is 5.26 Å². The fourth-order valence-corrected chi connectivity index (χ4v) is 1.36. The lowest BCUT2D eigenvalue weighted by Gasteiger charge is -2.18. The Hall–Kier alpha value is -2.03. The molecule has 0 aromatic heterocycles. The molecule has 0 aliphatic carbocycles. The van der Waals surface area contributed by atoms with Crippen LogP contribution in [0.15, 0.2) is 24.3 Å². The Balaban J connectivity index is 2.61. The van der Waals surface area contributed by atoms with Gasteiger partial charge in [-0.1, -0.05) is 12.1 Å². The van der Waals surface area contributed by atoms with Crippen LogP contribution in [0.1, 0.15) is 11.1 Å². The SMILES string of the molecule is CN(CC(F)(F)F)C(=O)Cc1ccc(C#N)cc1. The van der Waals surface area contributed by atoms with Gasteiger partial charge in [-0.25, -0.2) is 0 Å². The van der Waals surface area contributed by atoms with Crippen molar-refractivity contribution in [3.63, 3.8) is 0 Å². The molecule has 0 bridgehead atoms. The van der Waals surface area contributed by atoms with Crippen LogP contribution in [-0.2, 0) is 11.2 Å². The smallest absolute Gasteiger partial charge is 0.336 e. The van der Waals surface area contributed by atoms with Gasteiger partial charge in [0.1, 0.15) is 6.54 Å². The van der Waals surface area contributed by atoms with Crippen LogP contribution in [0.3, 0.4) is 0 Å². The van der Waals surface area contributed by atoms with E-state index in [9.17, 15) is 18.0 Å². The molecule has 1 aromatic carbocycles. The van der Waals surface area contributed by atoms with Gasteiger partial charge in [0.05, 0.1) is 18.1 Å². The normalized spacial score (nSPS) is 10.8. The number of amides is 1. The number of alkyl halides is 3. The second-order valence-electron chi connectivity index (χ2n) is 3.85. The average Bonchev–Trinajstić information content (AvgIpc) is 2.27. The average molecular weight is 256 g/mol. The molecule has 1 amide bonds. The first kappa shape index (κ1) is 14.0. The van der Waals surface area contributed by atoms with Crippen molar-refractivity contribution >= 4 is 5.91 Å². The molecule has 6 heteroatoms. The molecule has 1 aromatic rings. The summed E-state index contributed by atoms with van der Waals surface area (Å²) in [4.78, 5) is 12.1. The maximum absolute atomic E-state index is 12.1. The van der Waals surface area contributed by atoms with Crippen LogP contribution < -0.4 is 0 Å². The van der Waals surface area contributed by atoms with Crippen molar-refractivity contribution in [3.8, 4) is 6.07 Å². The lowest BCUT2D eigenvalue weighted by atomic mass is 10.1. The van der Waals surface area contributed by atoms with Gasteiger partial charge in [0, 0.05) is 7.05 Å². The van der Waals surface area contributed by atoms with E-state index < -0.39 is 18.6 Å². The minimum atomic E-state index is -4.39. The van der Waals surface area contributed by atoms with Crippen molar-refractivity contribution in [1.82, 2.24) is 4.90 Å². The van der Waals surface area contributed by atoms with Crippen LogP contribution >= 0.6 is 0 Å². The number of carbonyl (C=O) groups excluding carboxylic acids is 1. The molecule has 0 heterocycles. The molecule has 0 saturated heterocycles. The highest BCUT2D eigenvalue weighted by Crippen LogP contribution is 2.16. The zero-order valence-corrected chi connectivity index (χ0v) is 9.66.